The van der Waals surface area contributed by atoms with Crippen molar-refractivity contribution in [2.24, 2.45) is 11.8 Å². The van der Waals surface area contributed by atoms with Crippen LogP contribution < -0.4 is 16.0 Å². The van der Waals surface area contributed by atoms with Gasteiger partial charge in [0.05, 0.1) is 11.7 Å². The summed E-state index contributed by atoms with van der Waals surface area (Å²) in [7, 11) is 0. The summed E-state index contributed by atoms with van der Waals surface area (Å²) in [6.45, 7) is 0.546. The van der Waals surface area contributed by atoms with Gasteiger partial charge in [-0.2, -0.15) is 0 Å². The van der Waals surface area contributed by atoms with Gasteiger partial charge in [-0.25, -0.2) is 4.39 Å². The number of hydrogen-bond acceptors (Lipinski definition) is 5. The van der Waals surface area contributed by atoms with Crippen molar-refractivity contribution in [1.29, 1.82) is 0 Å². The summed E-state index contributed by atoms with van der Waals surface area (Å²) >= 11 is 0. The van der Waals surface area contributed by atoms with Gasteiger partial charge < -0.3 is 20.9 Å². The van der Waals surface area contributed by atoms with Gasteiger partial charge in [-0.05, 0) is 68.4 Å². The number of Topliss-reactive ketones (excluding diaryl/α,β-unsaturated/α-hetero) is 2. The number of ketones is 2. The molecule has 2 aliphatic rings. The largest absolute Gasteiger partial charge is 0.356 e. The molecular formula is C34H39FN4O5. The molecule has 2 heterocycles. The van der Waals surface area contributed by atoms with Crippen LogP contribution in [0.4, 0.5) is 4.39 Å². The summed E-state index contributed by atoms with van der Waals surface area (Å²) in [6.07, 6.45) is 5.93. The van der Waals surface area contributed by atoms with Crippen molar-refractivity contribution in [2.75, 3.05) is 6.54 Å². The Labute approximate surface area is 255 Å². The third-order valence-electron chi connectivity index (χ3n) is 8.73. The van der Waals surface area contributed by atoms with E-state index in [0.717, 1.165) is 44.1 Å². The fraction of sp³-hybridized carbons (Fsp3) is 0.441. The lowest BCUT2D eigenvalue weighted by molar-refractivity contribution is -0.141. The number of piperidine rings is 1. The molecule has 232 valence electrons. The number of hydrogen-bond donors (Lipinski definition) is 4. The summed E-state index contributed by atoms with van der Waals surface area (Å²) in [4.78, 5) is 69.5. The van der Waals surface area contributed by atoms with Gasteiger partial charge in [0.1, 0.15) is 5.82 Å². The predicted octanol–water partition coefficient (Wildman–Crippen LogP) is 4.16. The SMILES string of the molecule is O=C(NC1CCCCC1)C(=O)[C@H](C[C@@H]1CCCNC1=O)NC(=O)[C@@H](CC(=O)c1cc2cc(F)ccc2[nH]1)Cc1ccccc1. The van der Waals surface area contributed by atoms with Crippen LogP contribution in [0.2, 0.25) is 0 Å². The fourth-order valence-electron chi connectivity index (χ4n) is 6.27. The minimum absolute atomic E-state index is 0.00587. The van der Waals surface area contributed by atoms with Crippen LogP contribution in [0.5, 0.6) is 0 Å². The molecule has 5 rings (SSSR count). The number of amides is 3. The zero-order valence-corrected chi connectivity index (χ0v) is 24.7. The van der Waals surface area contributed by atoms with Gasteiger partial charge >= 0.3 is 0 Å². The van der Waals surface area contributed by atoms with E-state index in [0.29, 0.717) is 23.9 Å². The Kier molecular flexibility index (Phi) is 10.2. The Bertz CT molecular complexity index is 1510. The first-order valence-electron chi connectivity index (χ1n) is 15.5. The van der Waals surface area contributed by atoms with Crippen LogP contribution in [0.15, 0.2) is 54.6 Å². The second kappa shape index (κ2) is 14.4. The van der Waals surface area contributed by atoms with Crippen LogP contribution in [0, 0.1) is 17.7 Å². The zero-order chi connectivity index (χ0) is 31.1. The number of H-pyrrole nitrogens is 1. The minimum atomic E-state index is -1.22. The molecule has 9 nitrogen and oxygen atoms in total. The lowest BCUT2D eigenvalue weighted by atomic mass is 9.88. The van der Waals surface area contributed by atoms with Gasteiger partial charge in [0, 0.05) is 41.7 Å². The summed E-state index contributed by atoms with van der Waals surface area (Å²) in [5.41, 5.74) is 1.66. The zero-order valence-electron chi connectivity index (χ0n) is 24.7. The van der Waals surface area contributed by atoms with E-state index in [2.05, 4.69) is 20.9 Å². The number of nitrogens with one attached hydrogen (secondary N) is 4. The molecule has 1 saturated heterocycles. The number of halogens is 1. The molecule has 0 spiro atoms. The number of carbonyl (C=O) groups is 5. The predicted molar refractivity (Wildman–Crippen MR) is 163 cm³/mol. The molecule has 4 N–H and O–H groups in total. The van der Waals surface area contributed by atoms with E-state index >= 15 is 0 Å². The highest BCUT2D eigenvalue weighted by Gasteiger charge is 2.36. The maximum Gasteiger partial charge on any atom is 0.289 e. The first-order chi connectivity index (χ1) is 21.3. The molecule has 1 aromatic heterocycles. The van der Waals surface area contributed by atoms with Gasteiger partial charge in [0.2, 0.25) is 17.6 Å². The summed E-state index contributed by atoms with van der Waals surface area (Å²) in [6, 6.07) is 13.6. The highest BCUT2D eigenvalue weighted by atomic mass is 19.1. The van der Waals surface area contributed by atoms with Crippen molar-refractivity contribution in [3.63, 3.8) is 0 Å². The third-order valence-corrected chi connectivity index (χ3v) is 8.73. The van der Waals surface area contributed by atoms with E-state index in [1.807, 2.05) is 30.3 Å². The minimum Gasteiger partial charge on any atom is -0.356 e. The van der Waals surface area contributed by atoms with E-state index in [-0.39, 0.29) is 42.7 Å². The molecule has 0 bridgehead atoms. The highest BCUT2D eigenvalue weighted by molar-refractivity contribution is 6.38. The quantitative estimate of drug-likeness (QED) is 0.182. The number of rotatable bonds is 12. The number of fused-ring (bicyclic) bond motifs is 1. The Morgan fingerprint density at radius 1 is 0.932 bits per heavy atom. The van der Waals surface area contributed by atoms with Crippen molar-refractivity contribution < 1.29 is 28.4 Å². The van der Waals surface area contributed by atoms with E-state index in [4.69, 9.17) is 0 Å². The molecule has 3 amide bonds. The van der Waals surface area contributed by atoms with Gasteiger partial charge in [-0.3, -0.25) is 24.0 Å². The number of aromatic nitrogens is 1. The second-order valence-corrected chi connectivity index (χ2v) is 12.0. The van der Waals surface area contributed by atoms with Crippen molar-refractivity contribution >= 4 is 40.2 Å². The van der Waals surface area contributed by atoms with Gasteiger partial charge in [0.25, 0.3) is 5.91 Å². The van der Waals surface area contributed by atoms with E-state index in [9.17, 15) is 28.4 Å². The number of aromatic amines is 1. The van der Waals surface area contributed by atoms with Crippen molar-refractivity contribution in [2.45, 2.75) is 76.3 Å². The maximum atomic E-state index is 13.9. The molecule has 2 aromatic carbocycles. The average molecular weight is 603 g/mol. The van der Waals surface area contributed by atoms with Gasteiger partial charge in [-0.15, -0.1) is 0 Å². The van der Waals surface area contributed by atoms with Crippen LogP contribution in [0.3, 0.4) is 0 Å². The molecule has 1 aliphatic carbocycles. The number of benzene rings is 2. The van der Waals surface area contributed by atoms with Crippen LogP contribution in [0.25, 0.3) is 10.9 Å². The lowest BCUT2D eigenvalue weighted by Gasteiger charge is -2.28. The van der Waals surface area contributed by atoms with Crippen molar-refractivity contribution in [3.8, 4) is 0 Å². The van der Waals surface area contributed by atoms with Gasteiger partial charge in [-0.1, -0.05) is 49.6 Å². The van der Waals surface area contributed by atoms with Crippen LogP contribution >= 0.6 is 0 Å². The highest BCUT2D eigenvalue weighted by Crippen LogP contribution is 2.23. The standard InChI is InChI=1S/C34H39FN4O5/c35-25-13-14-27-23(17-25)19-28(38-27)30(40)20-24(16-21-8-3-1-4-9-21)33(43)39-29(18-22-10-7-15-36-32(22)42)31(41)34(44)37-26-11-5-2-6-12-26/h1,3-4,8-9,13-14,17,19,22,24,26,29,38H,2,5-7,10-12,15-16,18,20H2,(H,36,42)(H,37,44)(H,39,43)/t22-,24+,29-/m0/s1. The van der Waals surface area contributed by atoms with Gasteiger partial charge in [0.15, 0.2) is 5.78 Å². The van der Waals surface area contributed by atoms with Crippen LogP contribution in [0.1, 0.15) is 73.8 Å². The molecule has 3 aromatic rings. The average Bonchev–Trinajstić information content (AvgIpc) is 3.45. The monoisotopic (exact) mass is 602 g/mol. The third kappa shape index (κ3) is 7.98. The Morgan fingerprint density at radius 3 is 2.45 bits per heavy atom. The first-order valence-corrected chi connectivity index (χ1v) is 15.5. The Morgan fingerprint density at radius 2 is 1.70 bits per heavy atom. The smallest absolute Gasteiger partial charge is 0.289 e. The summed E-state index contributed by atoms with van der Waals surface area (Å²) in [5, 5.41) is 8.95. The lowest BCUT2D eigenvalue weighted by Crippen LogP contribution is -2.53. The molecule has 10 heteroatoms. The molecule has 1 saturated carbocycles. The van der Waals surface area contributed by atoms with Crippen molar-refractivity contribution in [1.82, 2.24) is 20.9 Å². The normalized spacial score (nSPS) is 18.7. The molecule has 2 fully saturated rings. The van der Waals surface area contributed by atoms with Crippen LogP contribution in [-0.4, -0.2) is 52.9 Å². The molecule has 0 unspecified atom stereocenters. The van der Waals surface area contributed by atoms with E-state index in [1.165, 1.54) is 12.1 Å². The molecule has 1 aliphatic heterocycles. The Hall–Kier alpha value is -4.34. The maximum absolute atomic E-state index is 13.9. The Balaban J connectivity index is 1.36. The first kappa shape index (κ1) is 31.1. The molecule has 0 radical (unpaired) electrons. The fourth-order valence-corrected chi connectivity index (χ4v) is 6.27. The summed E-state index contributed by atoms with van der Waals surface area (Å²) in [5.74, 6) is -4.48. The molecular weight excluding hydrogens is 563 g/mol. The summed E-state index contributed by atoms with van der Waals surface area (Å²) < 4.78 is 13.7. The number of carbonyl (C=O) groups excluding carboxylic acids is 5. The van der Waals surface area contributed by atoms with E-state index < -0.39 is 41.3 Å². The molecule has 3 atom stereocenters. The topological polar surface area (TPSA) is 137 Å². The second-order valence-electron chi connectivity index (χ2n) is 12.0. The van der Waals surface area contributed by atoms with E-state index in [1.54, 1.807) is 12.1 Å². The van der Waals surface area contributed by atoms with Crippen molar-refractivity contribution in [3.05, 3.63) is 71.7 Å². The van der Waals surface area contributed by atoms with Crippen LogP contribution in [-0.2, 0) is 25.6 Å². The molecule has 44 heavy (non-hydrogen) atoms.